The smallest absolute Gasteiger partial charge is 0.305 e. The summed E-state index contributed by atoms with van der Waals surface area (Å²) >= 11 is 0. The summed E-state index contributed by atoms with van der Waals surface area (Å²) in [5, 5.41) is 14.8. The van der Waals surface area contributed by atoms with E-state index in [1.165, 1.54) is 17.8 Å². The number of aryl methyl sites for hydroxylation is 1. The Labute approximate surface area is 116 Å². The van der Waals surface area contributed by atoms with Crippen LogP contribution in [0.25, 0.3) is 0 Å². The Hall–Kier alpha value is -1.94. The average Bonchev–Trinajstić information content (AvgIpc) is 2.81. The molecule has 0 aromatic carbocycles. The van der Waals surface area contributed by atoms with Crippen molar-refractivity contribution in [3.8, 4) is 0 Å². The van der Waals surface area contributed by atoms with Crippen molar-refractivity contribution in [2.75, 3.05) is 13.1 Å². The number of aliphatic carboxylic acids is 1. The van der Waals surface area contributed by atoms with Gasteiger partial charge in [-0.3, -0.25) is 14.3 Å². The van der Waals surface area contributed by atoms with Gasteiger partial charge >= 0.3 is 5.97 Å². The van der Waals surface area contributed by atoms with Crippen molar-refractivity contribution in [2.24, 2.45) is 0 Å². The summed E-state index contributed by atoms with van der Waals surface area (Å²) in [7, 11) is -3.71. The average molecular weight is 304 g/mol. The number of carbonyl (C=O) groups excluding carboxylic acids is 1. The summed E-state index contributed by atoms with van der Waals surface area (Å²) in [5.41, 5.74) is 0. The standard InChI is InChI=1S/C10H16N4O5S/c1-8(15)11-3-4-13-20(18,19)9-6-12-14(7-9)5-2-10(16)17/h6-7,13H,2-5H2,1H3,(H,11,15)(H,16,17). The minimum absolute atomic E-state index is 0.0503. The number of carboxylic acids is 1. The first kappa shape index (κ1) is 16.1. The van der Waals surface area contributed by atoms with E-state index in [1.54, 1.807) is 0 Å². The Bertz CT molecular complexity index is 580. The van der Waals surface area contributed by atoms with Crippen molar-refractivity contribution < 1.29 is 23.1 Å². The Morgan fingerprint density at radius 1 is 1.40 bits per heavy atom. The van der Waals surface area contributed by atoms with Gasteiger partial charge in [-0.1, -0.05) is 0 Å². The van der Waals surface area contributed by atoms with Gasteiger partial charge in [0.15, 0.2) is 0 Å². The van der Waals surface area contributed by atoms with Crippen LogP contribution in [0.15, 0.2) is 17.3 Å². The van der Waals surface area contributed by atoms with Crippen LogP contribution in [-0.4, -0.2) is 48.3 Å². The molecule has 1 aromatic rings. The van der Waals surface area contributed by atoms with Crippen molar-refractivity contribution >= 4 is 21.9 Å². The minimum Gasteiger partial charge on any atom is -0.481 e. The molecular weight excluding hydrogens is 288 g/mol. The van der Waals surface area contributed by atoms with Gasteiger partial charge in [0.25, 0.3) is 0 Å². The summed E-state index contributed by atoms with van der Waals surface area (Å²) in [5.74, 6) is -1.23. The number of hydrogen-bond donors (Lipinski definition) is 3. The second-order valence-corrected chi connectivity index (χ2v) is 5.73. The number of carboxylic acid groups (broad SMARTS) is 1. The Balaban J connectivity index is 2.55. The van der Waals surface area contributed by atoms with Gasteiger partial charge in [-0.05, 0) is 0 Å². The number of aromatic nitrogens is 2. The summed E-state index contributed by atoms with van der Waals surface area (Å²) in [4.78, 5) is 21.0. The molecule has 1 rings (SSSR count). The van der Waals surface area contributed by atoms with Gasteiger partial charge in [0.05, 0.1) is 19.2 Å². The van der Waals surface area contributed by atoms with Crippen LogP contribution in [0.4, 0.5) is 0 Å². The highest BCUT2D eigenvalue weighted by Crippen LogP contribution is 2.06. The zero-order chi connectivity index (χ0) is 15.2. The Morgan fingerprint density at radius 3 is 2.70 bits per heavy atom. The molecule has 0 radical (unpaired) electrons. The topological polar surface area (TPSA) is 130 Å². The molecule has 0 bridgehead atoms. The molecule has 0 aliphatic heterocycles. The number of amides is 1. The lowest BCUT2D eigenvalue weighted by molar-refractivity contribution is -0.137. The van der Waals surface area contributed by atoms with Crippen molar-refractivity contribution in [2.45, 2.75) is 24.8 Å². The van der Waals surface area contributed by atoms with Crippen molar-refractivity contribution in [3.05, 3.63) is 12.4 Å². The lowest BCUT2D eigenvalue weighted by Crippen LogP contribution is -2.33. The van der Waals surface area contributed by atoms with E-state index in [-0.39, 0.29) is 36.9 Å². The predicted molar refractivity (Wildman–Crippen MR) is 68.4 cm³/mol. The van der Waals surface area contributed by atoms with Crippen LogP contribution in [0.1, 0.15) is 13.3 Å². The highest BCUT2D eigenvalue weighted by molar-refractivity contribution is 7.89. The van der Waals surface area contributed by atoms with E-state index >= 15 is 0 Å². The second kappa shape index (κ2) is 7.01. The molecule has 1 heterocycles. The van der Waals surface area contributed by atoms with E-state index in [4.69, 9.17) is 5.11 Å². The summed E-state index contributed by atoms with van der Waals surface area (Å²) in [6.45, 7) is 1.67. The summed E-state index contributed by atoms with van der Waals surface area (Å²) in [6, 6.07) is 0. The summed E-state index contributed by atoms with van der Waals surface area (Å²) < 4.78 is 27.2. The Kier molecular flexibility index (Phi) is 5.65. The van der Waals surface area contributed by atoms with Gasteiger partial charge in [-0.2, -0.15) is 5.10 Å². The van der Waals surface area contributed by atoms with Gasteiger partial charge in [0, 0.05) is 26.2 Å². The third kappa shape index (κ3) is 5.36. The molecule has 112 valence electrons. The molecular formula is C10H16N4O5S. The van der Waals surface area contributed by atoms with E-state index in [0.717, 1.165) is 6.20 Å². The molecule has 1 amide bonds. The fourth-order valence-electron chi connectivity index (χ4n) is 1.32. The van der Waals surface area contributed by atoms with Crippen LogP contribution in [-0.2, 0) is 26.2 Å². The fourth-order valence-corrected chi connectivity index (χ4v) is 2.31. The SMILES string of the molecule is CC(=O)NCCNS(=O)(=O)c1cnn(CCC(=O)O)c1. The number of nitrogens with zero attached hydrogens (tertiary/aromatic N) is 2. The van der Waals surface area contributed by atoms with Crippen LogP contribution < -0.4 is 10.0 Å². The molecule has 9 nitrogen and oxygen atoms in total. The van der Waals surface area contributed by atoms with E-state index in [1.807, 2.05) is 0 Å². The predicted octanol–water partition coefficient (Wildman–Crippen LogP) is -1.23. The minimum atomic E-state index is -3.71. The first-order valence-corrected chi connectivity index (χ1v) is 7.28. The fraction of sp³-hybridized carbons (Fsp3) is 0.500. The van der Waals surface area contributed by atoms with Gasteiger partial charge in [0.1, 0.15) is 4.90 Å². The summed E-state index contributed by atoms with van der Waals surface area (Å²) in [6.07, 6.45) is 2.25. The molecule has 0 saturated carbocycles. The molecule has 0 atom stereocenters. The lowest BCUT2D eigenvalue weighted by atomic mass is 10.4. The quantitative estimate of drug-likeness (QED) is 0.516. The molecule has 1 aromatic heterocycles. The third-order valence-electron chi connectivity index (χ3n) is 2.27. The first-order valence-electron chi connectivity index (χ1n) is 5.79. The molecule has 0 spiro atoms. The van der Waals surface area contributed by atoms with Gasteiger partial charge in [-0.25, -0.2) is 13.1 Å². The van der Waals surface area contributed by atoms with E-state index < -0.39 is 16.0 Å². The molecule has 0 aliphatic rings. The van der Waals surface area contributed by atoms with E-state index in [2.05, 4.69) is 15.1 Å². The lowest BCUT2D eigenvalue weighted by Gasteiger charge is -2.04. The van der Waals surface area contributed by atoms with Crippen LogP contribution in [0.2, 0.25) is 0 Å². The number of rotatable bonds is 8. The van der Waals surface area contributed by atoms with Gasteiger partial charge in [-0.15, -0.1) is 0 Å². The van der Waals surface area contributed by atoms with E-state index in [9.17, 15) is 18.0 Å². The van der Waals surface area contributed by atoms with Crippen molar-refractivity contribution in [1.29, 1.82) is 0 Å². The highest BCUT2D eigenvalue weighted by atomic mass is 32.2. The maximum absolute atomic E-state index is 11.8. The van der Waals surface area contributed by atoms with E-state index in [0.29, 0.717) is 0 Å². The Morgan fingerprint density at radius 2 is 2.10 bits per heavy atom. The number of carbonyl (C=O) groups is 2. The molecule has 10 heteroatoms. The van der Waals surface area contributed by atoms with Gasteiger partial charge in [0.2, 0.25) is 15.9 Å². The van der Waals surface area contributed by atoms with Crippen molar-refractivity contribution in [3.63, 3.8) is 0 Å². The monoisotopic (exact) mass is 304 g/mol. The molecule has 0 fully saturated rings. The molecule has 0 saturated heterocycles. The van der Waals surface area contributed by atoms with Crippen molar-refractivity contribution in [1.82, 2.24) is 19.8 Å². The normalized spacial score (nSPS) is 11.2. The molecule has 0 aliphatic carbocycles. The van der Waals surface area contributed by atoms with Gasteiger partial charge < -0.3 is 10.4 Å². The maximum atomic E-state index is 11.8. The number of nitrogens with one attached hydrogen (secondary N) is 2. The molecule has 3 N–H and O–H groups in total. The largest absolute Gasteiger partial charge is 0.481 e. The molecule has 0 unspecified atom stereocenters. The zero-order valence-corrected chi connectivity index (χ0v) is 11.7. The third-order valence-corrected chi connectivity index (χ3v) is 3.68. The maximum Gasteiger partial charge on any atom is 0.305 e. The van der Waals surface area contributed by atoms with Crippen LogP contribution in [0.5, 0.6) is 0 Å². The molecule has 20 heavy (non-hydrogen) atoms. The van der Waals surface area contributed by atoms with Crippen LogP contribution >= 0.6 is 0 Å². The number of hydrogen-bond acceptors (Lipinski definition) is 5. The van der Waals surface area contributed by atoms with Crippen LogP contribution in [0.3, 0.4) is 0 Å². The first-order chi connectivity index (χ1) is 9.31. The highest BCUT2D eigenvalue weighted by Gasteiger charge is 2.16. The second-order valence-electron chi connectivity index (χ2n) is 3.96. The van der Waals surface area contributed by atoms with Crippen LogP contribution in [0, 0.1) is 0 Å². The zero-order valence-electron chi connectivity index (χ0n) is 10.9. The number of sulfonamides is 1.